The maximum atomic E-state index is 11.5. The molecule has 0 saturated carbocycles. The van der Waals surface area contributed by atoms with Crippen LogP contribution >= 0.6 is 38.8 Å². The normalized spacial score (nSPS) is 21.3. The average Bonchev–Trinajstić information content (AvgIpc) is 3.80. The van der Waals surface area contributed by atoms with Crippen LogP contribution in [0.25, 0.3) is 0 Å². The molecule has 12 nitrogen and oxygen atoms in total. The third-order valence-corrected chi connectivity index (χ3v) is 14.8. The third-order valence-electron chi connectivity index (χ3n) is 14.8. The number of aliphatic hydroxyl groups excluding tert-OH is 4. The van der Waals surface area contributed by atoms with Crippen molar-refractivity contribution in [2.24, 2.45) is 23.7 Å². The number of aliphatic hydroxyl groups is 4. The number of cyclic esters (lactones) is 4. The topological polar surface area (TPSA) is 186 Å². The van der Waals surface area contributed by atoms with Crippen LogP contribution in [0.1, 0.15) is 295 Å². The number of halogens is 4. The molecule has 20 heteroatoms. The summed E-state index contributed by atoms with van der Waals surface area (Å²) in [7, 11) is 22.3. The number of hydrogen-bond donors (Lipinski definition) is 4. The molecule has 4 heterocycles. The van der Waals surface area contributed by atoms with Gasteiger partial charge in [-0.25, -0.2) is 0 Å². The summed E-state index contributed by atoms with van der Waals surface area (Å²) < 4.78 is 20.9. The van der Waals surface area contributed by atoms with Crippen molar-refractivity contribution in [1.29, 1.82) is 0 Å². The second kappa shape index (κ2) is 118. The fourth-order valence-corrected chi connectivity index (χ4v) is 9.79. The van der Waals surface area contributed by atoms with Crippen molar-refractivity contribution in [2.75, 3.05) is 54.9 Å². The van der Waals surface area contributed by atoms with Crippen LogP contribution in [0.5, 0.6) is 0 Å². The van der Waals surface area contributed by atoms with Gasteiger partial charge < -0.3 is 146 Å². The molecule has 4 saturated heterocycles. The van der Waals surface area contributed by atoms with E-state index < -0.39 is 0 Å². The first-order chi connectivity index (χ1) is 44.2. The Morgan fingerprint density at radius 2 is 0.404 bits per heavy atom. The Balaban J connectivity index is -0.0000000876. The molecule has 0 unspecified atom stereocenters. The summed E-state index contributed by atoms with van der Waals surface area (Å²) in [6.45, 7) is 19.2. The van der Waals surface area contributed by atoms with Gasteiger partial charge in [-0.15, -0.1) is 25.7 Å². The molecule has 572 valence electrons. The number of carbonyl (C=O) groups excluding carboxylic acids is 4. The van der Waals surface area contributed by atoms with E-state index in [2.05, 4.69) is 92.1 Å². The van der Waals surface area contributed by atoms with Crippen LogP contribution in [0.4, 0.5) is 0 Å². The molecule has 0 aliphatic carbocycles. The van der Waals surface area contributed by atoms with Gasteiger partial charge in [0.05, 0.1) is 26.4 Å². The van der Waals surface area contributed by atoms with Crippen molar-refractivity contribution in [3.63, 3.8) is 0 Å². The Morgan fingerprint density at radius 1 is 0.266 bits per heavy atom. The van der Waals surface area contributed by atoms with Gasteiger partial charge in [-0.3, -0.25) is 19.2 Å². The summed E-state index contributed by atoms with van der Waals surface area (Å²) in [4.78, 5) is 45.7. The number of ether oxygens (including phenoxy) is 4. The molecule has 94 heavy (non-hydrogen) atoms. The first kappa shape index (κ1) is 122. The van der Waals surface area contributed by atoms with Gasteiger partial charge in [0.1, 0.15) is 0 Å². The number of carbonyl (C=O) groups is 4. The van der Waals surface area contributed by atoms with Crippen LogP contribution in [0.15, 0.2) is 0 Å². The summed E-state index contributed by atoms with van der Waals surface area (Å²) in [6, 6.07) is 0. The van der Waals surface area contributed by atoms with Gasteiger partial charge in [0.25, 0.3) is 0 Å². The maximum absolute atomic E-state index is 11.5. The fourth-order valence-electron chi connectivity index (χ4n) is 9.79. The molecule has 0 aromatic carbocycles. The van der Waals surface area contributed by atoms with Gasteiger partial charge in [0, 0.05) is 54.1 Å². The minimum atomic E-state index is -0.0201. The molecule has 4 fully saturated rings. The van der Waals surface area contributed by atoms with E-state index in [4.69, 9.17) is 39.4 Å². The van der Waals surface area contributed by atoms with E-state index >= 15 is 0 Å². The Labute approximate surface area is 641 Å². The van der Waals surface area contributed by atoms with E-state index in [-0.39, 0.29) is 53.6 Å². The third kappa shape index (κ3) is 115. The van der Waals surface area contributed by atoms with Crippen molar-refractivity contribution in [2.45, 2.75) is 295 Å². The summed E-state index contributed by atoms with van der Waals surface area (Å²) in [5.41, 5.74) is 0. The predicted octanol–water partition coefficient (Wildman–Crippen LogP) is 21.7. The zero-order valence-corrected chi connectivity index (χ0v) is 70.8. The van der Waals surface area contributed by atoms with Gasteiger partial charge in [0.15, 0.2) is 0 Å². The molecule has 4 rings (SSSR count). The summed E-state index contributed by atoms with van der Waals surface area (Å²) in [5, 5.41) is 28.0. The van der Waals surface area contributed by atoms with Crippen molar-refractivity contribution in [3.05, 3.63) is 83.1 Å². The van der Waals surface area contributed by atoms with Crippen LogP contribution in [0.3, 0.4) is 0 Å². The Bertz CT molecular complexity index is 1200. The second-order valence-corrected chi connectivity index (χ2v) is 22.2. The molecule has 0 amide bonds. The van der Waals surface area contributed by atoms with Crippen LogP contribution in [-0.2, 0) is 107 Å². The SMILES string of the molecule is CO.CO.CO.CO.[CH2-][C@@H]1[CH-]CCCCC(=O)OCCCCCCCC1.[CH2-][C@@H]1[CH-]CCCCC(=O)OCCCCCCCCCC1.[CH2-][C@H]1[CH-]CCCCC(=O)OCCCCCCCC1.[CH2-][C@H]1[CH-]CCCCC(=O)OCCCCCCCC1.[CH3-].[CH3-].[CH3-].[CH3-].[Cl][Ru+3].[Cl][Ru+3].[Cl][Ru+3].[Cl][Ru+3]. The van der Waals surface area contributed by atoms with E-state index in [1.807, 2.05) is 69.2 Å². The van der Waals surface area contributed by atoms with E-state index in [0.717, 1.165) is 131 Å². The molecule has 4 atom stereocenters. The number of hydrogen-bond acceptors (Lipinski definition) is 12. The van der Waals surface area contributed by atoms with Crippen molar-refractivity contribution in [1.82, 2.24) is 0 Å². The zero-order chi connectivity index (χ0) is 69.6. The molecule has 0 aromatic rings. The fraction of sp³-hybridized carbons (Fsp3) is 0.784. The van der Waals surface area contributed by atoms with Crippen LogP contribution in [-0.4, -0.2) is 99.2 Å². The number of esters is 4. The van der Waals surface area contributed by atoms with Crippen LogP contribution in [0.2, 0.25) is 0 Å². The monoisotopic (exact) mass is 1770 g/mol. The van der Waals surface area contributed by atoms with Gasteiger partial charge in [-0.05, 0) is 51.4 Å². The van der Waals surface area contributed by atoms with Crippen LogP contribution in [0, 0.1) is 107 Å². The molecular formula is C74H144Cl4O12Ru4. The Hall–Kier alpha value is 1.37. The first-order valence-corrected chi connectivity index (χ1v) is 42.7. The Morgan fingerprint density at radius 3 is 0.564 bits per heavy atom. The van der Waals surface area contributed by atoms with E-state index in [9.17, 15) is 19.2 Å². The van der Waals surface area contributed by atoms with Gasteiger partial charge in [-0.2, -0.15) is 25.7 Å². The van der Waals surface area contributed by atoms with E-state index in [1.54, 1.807) is 0 Å². The van der Waals surface area contributed by atoms with Crippen LogP contribution < -0.4 is 0 Å². The van der Waals surface area contributed by atoms with Crippen molar-refractivity contribution in [3.8, 4) is 0 Å². The first-order valence-electron chi connectivity index (χ1n) is 33.8. The molecule has 4 aliphatic heterocycles. The van der Waals surface area contributed by atoms with E-state index in [1.165, 1.54) is 167 Å². The predicted molar refractivity (Wildman–Crippen MR) is 390 cm³/mol. The van der Waals surface area contributed by atoms with E-state index in [0.29, 0.717) is 75.8 Å². The molecule has 0 bridgehead atoms. The molecule has 0 aromatic heterocycles. The van der Waals surface area contributed by atoms with Crippen molar-refractivity contribution >= 4 is 62.6 Å². The van der Waals surface area contributed by atoms with Crippen molar-refractivity contribution < 1.29 is 128 Å². The van der Waals surface area contributed by atoms with Gasteiger partial charge in [-0.1, -0.05) is 167 Å². The molecular weight excluding hydrogens is 1630 g/mol. The summed E-state index contributed by atoms with van der Waals surface area (Å²) >= 11 is 7.29. The summed E-state index contributed by atoms with van der Waals surface area (Å²) in [6.07, 6.45) is 61.4. The quantitative estimate of drug-likeness (QED) is 0.0780. The molecule has 4 aliphatic rings. The number of rotatable bonds is 0. The van der Waals surface area contributed by atoms with Gasteiger partial charge >= 0.3 is 132 Å². The zero-order valence-electron chi connectivity index (χ0n) is 60.8. The second-order valence-electron chi connectivity index (χ2n) is 22.2. The van der Waals surface area contributed by atoms with Gasteiger partial charge in [0.2, 0.25) is 0 Å². The molecule has 0 spiro atoms. The standard InChI is InChI=1S/C18H32O2.3C16H28O2.4CH4O.4CH3.4ClH.4Ru/c1-17-13-9-6-4-2-3-5-7-12-16-20-18(19)15-11-8-10-14-17;3*1-15-11-7-4-2-3-5-10-14-18-16(17)13-9-6-8-12-15;4*1-2;;;;;;;;;;;;/h14,17H,1-13,15-16H2;3*12,15H,1-11,13-14H2;4*2H,1H3;4*1H3;4*1H;;;;/q4*-2;;;;;4*-1;;;;;4*+4/p-4/t17-;3*15-;;;;;;;;;;;;;;;;/m0110................/s1. The minimum absolute atomic E-state index is 0. The average molecular weight is 1770 g/mol. The Kier molecular flexibility index (Phi) is 154. The summed E-state index contributed by atoms with van der Waals surface area (Å²) in [5.74, 6) is 1.88. The molecule has 0 radical (unpaired) electrons. The molecule has 4 N–H and O–H groups in total.